The number of amides is 1. The number of fused-ring (bicyclic) bond motifs is 1. The number of rotatable bonds is 5. The van der Waals surface area contributed by atoms with Gasteiger partial charge in [0.05, 0.1) is 5.52 Å². The molecule has 0 fully saturated rings. The second-order valence-corrected chi connectivity index (χ2v) is 6.86. The number of hydrogen-bond acceptors (Lipinski definition) is 4. The van der Waals surface area contributed by atoms with Crippen LogP contribution in [-0.2, 0) is 6.54 Å². The summed E-state index contributed by atoms with van der Waals surface area (Å²) in [5.74, 6) is -0.254. The lowest BCUT2D eigenvalue weighted by Gasteiger charge is -2.08. The molecule has 3 heterocycles. The van der Waals surface area contributed by atoms with Gasteiger partial charge in [-0.1, -0.05) is 0 Å². The van der Waals surface area contributed by atoms with E-state index >= 15 is 0 Å². The van der Waals surface area contributed by atoms with E-state index in [4.69, 9.17) is 0 Å². The number of H-pyrrole nitrogens is 1. The first-order chi connectivity index (χ1) is 13.1. The van der Waals surface area contributed by atoms with Crippen molar-refractivity contribution in [2.45, 2.75) is 6.54 Å². The lowest BCUT2D eigenvalue weighted by Crippen LogP contribution is -2.38. The SMILES string of the molecule is O=C(NCCn1c(=O)[nH]c2ccsc2c1=O)c1ccc(-n2cccc2)cc1. The van der Waals surface area contributed by atoms with Crippen molar-refractivity contribution in [2.75, 3.05) is 6.54 Å². The molecule has 8 heteroatoms. The number of carbonyl (C=O) groups excluding carboxylic acids is 1. The van der Waals surface area contributed by atoms with E-state index in [9.17, 15) is 14.4 Å². The Morgan fingerprint density at radius 3 is 2.56 bits per heavy atom. The summed E-state index contributed by atoms with van der Waals surface area (Å²) >= 11 is 1.28. The Labute approximate surface area is 157 Å². The normalized spacial score (nSPS) is 11.0. The summed E-state index contributed by atoms with van der Waals surface area (Å²) in [6.07, 6.45) is 3.85. The predicted molar refractivity (Wildman–Crippen MR) is 105 cm³/mol. The van der Waals surface area contributed by atoms with Crippen LogP contribution in [0.3, 0.4) is 0 Å². The van der Waals surface area contributed by atoms with Gasteiger partial charge in [-0.05, 0) is 47.8 Å². The van der Waals surface area contributed by atoms with Gasteiger partial charge >= 0.3 is 5.69 Å². The zero-order valence-corrected chi connectivity index (χ0v) is 15.0. The fraction of sp³-hybridized carbons (Fsp3) is 0.105. The Morgan fingerprint density at radius 1 is 1.07 bits per heavy atom. The molecule has 0 saturated heterocycles. The smallest absolute Gasteiger partial charge is 0.328 e. The van der Waals surface area contributed by atoms with Crippen molar-refractivity contribution >= 4 is 27.5 Å². The first-order valence-corrected chi connectivity index (χ1v) is 9.23. The van der Waals surface area contributed by atoms with E-state index in [1.165, 1.54) is 11.3 Å². The van der Waals surface area contributed by atoms with Gasteiger partial charge in [0.1, 0.15) is 4.70 Å². The van der Waals surface area contributed by atoms with Crippen LogP contribution in [0, 0.1) is 0 Å². The number of hydrogen-bond donors (Lipinski definition) is 2. The molecule has 0 aliphatic heterocycles. The summed E-state index contributed by atoms with van der Waals surface area (Å²) in [5.41, 5.74) is 1.20. The van der Waals surface area contributed by atoms with E-state index in [1.54, 1.807) is 23.6 Å². The number of aromatic nitrogens is 3. The van der Waals surface area contributed by atoms with Crippen molar-refractivity contribution < 1.29 is 4.79 Å². The maximum Gasteiger partial charge on any atom is 0.328 e. The van der Waals surface area contributed by atoms with Gasteiger partial charge < -0.3 is 14.9 Å². The molecule has 0 aliphatic carbocycles. The van der Waals surface area contributed by atoms with Gasteiger partial charge in [-0.15, -0.1) is 11.3 Å². The molecule has 136 valence electrons. The molecule has 0 radical (unpaired) electrons. The summed E-state index contributed by atoms with van der Waals surface area (Å²) in [6, 6.07) is 12.7. The van der Waals surface area contributed by atoms with Crippen molar-refractivity contribution in [3.05, 3.63) is 86.6 Å². The highest BCUT2D eigenvalue weighted by molar-refractivity contribution is 7.17. The van der Waals surface area contributed by atoms with Crippen molar-refractivity contribution in [3.8, 4) is 5.69 Å². The van der Waals surface area contributed by atoms with Crippen LogP contribution in [0.4, 0.5) is 0 Å². The Morgan fingerprint density at radius 2 is 1.81 bits per heavy atom. The maximum absolute atomic E-state index is 12.3. The predicted octanol–water partition coefficient (Wildman–Crippen LogP) is 1.97. The molecule has 0 unspecified atom stereocenters. The van der Waals surface area contributed by atoms with Gasteiger partial charge in [0.15, 0.2) is 0 Å². The number of benzene rings is 1. The summed E-state index contributed by atoms with van der Waals surface area (Å²) in [7, 11) is 0. The first-order valence-electron chi connectivity index (χ1n) is 8.35. The van der Waals surface area contributed by atoms with Crippen molar-refractivity contribution in [2.24, 2.45) is 0 Å². The largest absolute Gasteiger partial charge is 0.350 e. The fourth-order valence-corrected chi connectivity index (χ4v) is 3.65. The van der Waals surface area contributed by atoms with Gasteiger partial charge in [-0.25, -0.2) is 4.79 Å². The van der Waals surface area contributed by atoms with Crippen LogP contribution in [0.2, 0.25) is 0 Å². The molecule has 4 aromatic rings. The molecule has 2 N–H and O–H groups in total. The third-order valence-electron chi connectivity index (χ3n) is 4.24. The Kier molecular flexibility index (Phi) is 4.47. The first kappa shape index (κ1) is 17.0. The van der Waals surface area contributed by atoms with Crippen molar-refractivity contribution in [3.63, 3.8) is 0 Å². The molecule has 0 spiro atoms. The molecule has 7 nitrogen and oxygen atoms in total. The summed E-state index contributed by atoms with van der Waals surface area (Å²) in [5, 5.41) is 4.50. The zero-order valence-electron chi connectivity index (χ0n) is 14.2. The highest BCUT2D eigenvalue weighted by atomic mass is 32.1. The minimum atomic E-state index is -0.476. The molecular formula is C19H16N4O3S. The molecular weight excluding hydrogens is 364 g/mol. The van der Waals surface area contributed by atoms with E-state index < -0.39 is 5.69 Å². The quantitative estimate of drug-likeness (QED) is 0.555. The van der Waals surface area contributed by atoms with Crippen LogP contribution in [0.15, 0.2) is 69.8 Å². The van der Waals surface area contributed by atoms with Gasteiger partial charge in [0, 0.05) is 36.7 Å². The molecule has 4 rings (SSSR count). The van der Waals surface area contributed by atoms with Crippen LogP contribution < -0.4 is 16.6 Å². The minimum Gasteiger partial charge on any atom is -0.350 e. The van der Waals surface area contributed by atoms with E-state index in [2.05, 4.69) is 10.3 Å². The van der Waals surface area contributed by atoms with Crippen LogP contribution in [0.1, 0.15) is 10.4 Å². The second-order valence-electron chi connectivity index (χ2n) is 5.94. The topological polar surface area (TPSA) is 88.9 Å². The number of nitrogens with one attached hydrogen (secondary N) is 2. The van der Waals surface area contributed by atoms with Crippen LogP contribution in [0.25, 0.3) is 15.9 Å². The number of thiophene rings is 1. The van der Waals surface area contributed by atoms with E-state index in [-0.39, 0.29) is 24.6 Å². The second kappa shape index (κ2) is 7.08. The monoisotopic (exact) mass is 380 g/mol. The summed E-state index contributed by atoms with van der Waals surface area (Å²) < 4.78 is 3.55. The molecule has 0 aliphatic rings. The molecule has 0 saturated carbocycles. The Hall–Kier alpha value is -3.39. The van der Waals surface area contributed by atoms with Gasteiger partial charge in [-0.3, -0.25) is 14.2 Å². The molecule has 1 amide bonds. The van der Waals surface area contributed by atoms with Crippen LogP contribution in [-0.4, -0.2) is 26.6 Å². The molecule has 27 heavy (non-hydrogen) atoms. The summed E-state index contributed by atoms with van der Waals surface area (Å²) in [6.45, 7) is 0.285. The highest BCUT2D eigenvalue weighted by Gasteiger charge is 2.10. The maximum atomic E-state index is 12.3. The van der Waals surface area contributed by atoms with Crippen molar-refractivity contribution in [1.82, 2.24) is 19.4 Å². The summed E-state index contributed by atoms with van der Waals surface area (Å²) in [4.78, 5) is 39.3. The van der Waals surface area contributed by atoms with Crippen molar-refractivity contribution in [1.29, 1.82) is 0 Å². The Bertz CT molecular complexity index is 1200. The number of carbonyl (C=O) groups is 1. The standard InChI is InChI=1S/C19H16N4O3S/c24-17(13-3-5-14(6-4-13)22-9-1-2-10-22)20-8-11-23-18(25)16-15(7-12-27-16)21-19(23)26/h1-7,9-10,12H,8,11H2,(H,20,24)(H,21,26). The van der Waals surface area contributed by atoms with Gasteiger partial charge in [0.2, 0.25) is 0 Å². The number of aromatic amines is 1. The molecule has 1 aromatic carbocycles. The van der Waals surface area contributed by atoms with Crippen LogP contribution in [0.5, 0.6) is 0 Å². The highest BCUT2D eigenvalue weighted by Crippen LogP contribution is 2.12. The van der Waals surface area contributed by atoms with Gasteiger partial charge in [0.25, 0.3) is 11.5 Å². The van der Waals surface area contributed by atoms with Gasteiger partial charge in [-0.2, -0.15) is 0 Å². The Balaban J connectivity index is 1.43. The molecule has 3 aromatic heterocycles. The lowest BCUT2D eigenvalue weighted by molar-refractivity contribution is 0.0952. The molecule has 0 bridgehead atoms. The number of nitrogens with zero attached hydrogens (tertiary/aromatic N) is 2. The molecule has 0 atom stereocenters. The zero-order chi connectivity index (χ0) is 18.8. The third kappa shape index (κ3) is 3.34. The van der Waals surface area contributed by atoms with Crippen LogP contribution >= 0.6 is 11.3 Å². The third-order valence-corrected chi connectivity index (χ3v) is 5.15. The minimum absolute atomic E-state index is 0.106. The van der Waals surface area contributed by atoms with E-state index in [1.807, 2.05) is 41.2 Å². The average Bonchev–Trinajstić information content (AvgIpc) is 3.36. The lowest BCUT2D eigenvalue weighted by atomic mass is 10.2. The average molecular weight is 380 g/mol. The van der Waals surface area contributed by atoms with E-state index in [0.717, 1.165) is 10.3 Å². The fourth-order valence-electron chi connectivity index (χ4n) is 2.85. The van der Waals surface area contributed by atoms with E-state index in [0.29, 0.717) is 15.8 Å².